The molecule has 0 aliphatic heterocycles. The number of phenolic OH excluding ortho intramolecular Hbond substituents is 1. The Kier molecular flexibility index (Phi) is 4.83. The van der Waals surface area contributed by atoms with Crippen LogP contribution in [0.15, 0.2) is 12.1 Å². The summed E-state index contributed by atoms with van der Waals surface area (Å²) < 4.78 is 42.3. The van der Waals surface area contributed by atoms with E-state index in [1.807, 2.05) is 0 Å². The number of nitrogens with one attached hydrogen (secondary N) is 1. The summed E-state index contributed by atoms with van der Waals surface area (Å²) in [7, 11) is 1.43. The predicted molar refractivity (Wildman–Crippen MR) is 70.8 cm³/mol. The summed E-state index contributed by atoms with van der Waals surface area (Å²) in [6.45, 7) is 0.726. The number of benzene rings is 1. The fraction of sp³-hybridized carbons (Fsp3) is 0.538. The number of ether oxygens (including phenoxy) is 1. The molecule has 2 N–H and O–H groups in total. The van der Waals surface area contributed by atoms with Crippen molar-refractivity contribution in [1.29, 1.82) is 0 Å². The molecule has 0 amide bonds. The molecule has 7 heteroatoms. The number of halogens is 3. The van der Waals surface area contributed by atoms with E-state index >= 15 is 0 Å². The summed E-state index contributed by atoms with van der Waals surface area (Å²) >= 11 is -1.77. The van der Waals surface area contributed by atoms with E-state index in [2.05, 4.69) is 5.32 Å². The fourth-order valence-corrected chi connectivity index (χ4v) is 3.10. The van der Waals surface area contributed by atoms with Gasteiger partial charge in [-0.3, -0.25) is 0 Å². The van der Waals surface area contributed by atoms with E-state index in [9.17, 15) is 18.3 Å². The van der Waals surface area contributed by atoms with Crippen LogP contribution in [-0.2, 0) is 6.42 Å². The summed E-state index contributed by atoms with van der Waals surface area (Å²) in [6, 6.07) is 3.26. The number of hydrogen-bond acceptors (Lipinski definition) is 3. The third-order valence-corrected chi connectivity index (χ3v) is 4.63. The first kappa shape index (κ1) is 15.5. The van der Waals surface area contributed by atoms with Crippen molar-refractivity contribution in [2.24, 2.45) is 0 Å². The molecule has 0 saturated heterocycles. The van der Waals surface area contributed by atoms with Crippen LogP contribution in [0.25, 0.3) is 0 Å². The topological polar surface area (TPSA) is 41.5 Å². The van der Waals surface area contributed by atoms with Crippen LogP contribution in [0.1, 0.15) is 18.4 Å². The second kappa shape index (κ2) is 6.24. The van der Waals surface area contributed by atoms with Crippen molar-refractivity contribution >= 4 is 19.4 Å². The molecule has 1 fully saturated rings. The molecule has 0 radical (unpaired) electrons. The summed E-state index contributed by atoms with van der Waals surface area (Å²) in [5.74, 6) is 0.103. The third kappa shape index (κ3) is 4.58. The van der Waals surface area contributed by atoms with Crippen LogP contribution in [0.5, 0.6) is 11.5 Å². The van der Waals surface area contributed by atoms with Crippen molar-refractivity contribution in [2.75, 3.05) is 13.7 Å². The SMILES string of the molecule is COc1cc([Se]C(F)(F)F)c(O)cc1CCNC1CC1. The van der Waals surface area contributed by atoms with E-state index in [1.165, 1.54) is 32.1 Å². The summed E-state index contributed by atoms with van der Waals surface area (Å²) in [5.41, 5.74) is 0.722. The first-order valence-corrected chi connectivity index (χ1v) is 7.99. The molecule has 1 aliphatic carbocycles. The van der Waals surface area contributed by atoms with Crippen LogP contribution in [0.4, 0.5) is 13.2 Å². The van der Waals surface area contributed by atoms with E-state index in [-0.39, 0.29) is 10.2 Å². The van der Waals surface area contributed by atoms with Gasteiger partial charge in [0.1, 0.15) is 0 Å². The molecule has 3 nitrogen and oxygen atoms in total. The van der Waals surface area contributed by atoms with Gasteiger partial charge in [0.2, 0.25) is 0 Å². The molecule has 1 aromatic carbocycles. The molecule has 20 heavy (non-hydrogen) atoms. The van der Waals surface area contributed by atoms with Gasteiger partial charge in [-0.25, -0.2) is 0 Å². The summed E-state index contributed by atoms with van der Waals surface area (Å²) in [6.07, 6.45) is 2.97. The van der Waals surface area contributed by atoms with Crippen LogP contribution in [0.2, 0.25) is 0 Å². The van der Waals surface area contributed by atoms with Crippen molar-refractivity contribution < 1.29 is 23.0 Å². The quantitative estimate of drug-likeness (QED) is 0.762. The normalized spacial score (nSPS) is 15.4. The fourth-order valence-electron chi connectivity index (χ4n) is 1.88. The molecular weight excluding hydrogens is 338 g/mol. The second-order valence-electron chi connectivity index (χ2n) is 4.66. The van der Waals surface area contributed by atoms with Crippen LogP contribution >= 0.6 is 0 Å². The molecule has 0 unspecified atom stereocenters. The first-order chi connectivity index (χ1) is 9.39. The maximum atomic E-state index is 12.4. The molecule has 0 aromatic heterocycles. The van der Waals surface area contributed by atoms with Gasteiger partial charge in [-0.15, -0.1) is 0 Å². The Labute approximate surface area is 121 Å². The molecule has 112 valence electrons. The Bertz CT molecular complexity index is 475. The van der Waals surface area contributed by atoms with Crippen molar-refractivity contribution in [2.45, 2.75) is 30.4 Å². The predicted octanol–water partition coefficient (Wildman–Crippen LogP) is 1.54. The monoisotopic (exact) mass is 355 g/mol. The van der Waals surface area contributed by atoms with Gasteiger partial charge in [0.15, 0.2) is 0 Å². The summed E-state index contributed by atoms with van der Waals surface area (Å²) in [4.78, 5) is 0. The Morgan fingerprint density at radius 2 is 2.10 bits per heavy atom. The average Bonchev–Trinajstić information content (AvgIpc) is 3.15. The molecule has 0 atom stereocenters. The van der Waals surface area contributed by atoms with Gasteiger partial charge in [-0.05, 0) is 0 Å². The van der Waals surface area contributed by atoms with Crippen LogP contribution in [0, 0.1) is 0 Å². The third-order valence-electron chi connectivity index (χ3n) is 2.99. The van der Waals surface area contributed by atoms with E-state index in [0.717, 1.165) is 12.1 Å². The van der Waals surface area contributed by atoms with Gasteiger partial charge in [-0.1, -0.05) is 0 Å². The van der Waals surface area contributed by atoms with E-state index in [1.54, 1.807) is 0 Å². The Morgan fingerprint density at radius 3 is 2.65 bits per heavy atom. The number of methoxy groups -OCH3 is 1. The second-order valence-corrected chi connectivity index (χ2v) is 6.98. The zero-order valence-electron chi connectivity index (χ0n) is 11.0. The Morgan fingerprint density at radius 1 is 1.40 bits per heavy atom. The van der Waals surface area contributed by atoms with E-state index < -0.39 is 20.0 Å². The van der Waals surface area contributed by atoms with Crippen LogP contribution in [-0.4, -0.2) is 44.8 Å². The molecule has 2 rings (SSSR count). The Hall–Kier alpha value is -0.911. The van der Waals surface area contributed by atoms with Gasteiger partial charge in [0, 0.05) is 0 Å². The van der Waals surface area contributed by atoms with Crippen molar-refractivity contribution in [3.8, 4) is 11.5 Å². The zero-order valence-corrected chi connectivity index (χ0v) is 12.7. The van der Waals surface area contributed by atoms with Crippen LogP contribution < -0.4 is 14.5 Å². The number of aromatic hydroxyl groups is 1. The standard InChI is InChI=1S/C13H16F3NO2Se/c1-19-11-7-12(20-13(14,15)16)10(18)6-8(11)4-5-17-9-2-3-9/h6-7,9,17-18H,2-5H2,1H3. The van der Waals surface area contributed by atoms with Gasteiger partial charge in [0.25, 0.3) is 0 Å². The number of hydrogen-bond donors (Lipinski definition) is 2. The average molecular weight is 354 g/mol. The van der Waals surface area contributed by atoms with Crippen LogP contribution in [0.3, 0.4) is 0 Å². The molecule has 0 spiro atoms. The summed E-state index contributed by atoms with van der Waals surface area (Å²) in [5, 5.41) is 8.76. The molecular formula is C13H16F3NO2Se. The Balaban J connectivity index is 2.09. The van der Waals surface area contributed by atoms with Gasteiger partial charge in [0.05, 0.1) is 0 Å². The molecule has 1 aliphatic rings. The van der Waals surface area contributed by atoms with Gasteiger partial charge < -0.3 is 0 Å². The van der Waals surface area contributed by atoms with Crippen molar-refractivity contribution in [3.05, 3.63) is 17.7 Å². The molecule has 1 saturated carbocycles. The molecule has 0 heterocycles. The first-order valence-electron chi connectivity index (χ1n) is 6.28. The van der Waals surface area contributed by atoms with Crippen molar-refractivity contribution in [1.82, 2.24) is 5.32 Å². The minimum absolute atomic E-state index is 0.0965. The van der Waals surface area contributed by atoms with E-state index in [4.69, 9.17) is 4.74 Å². The minimum atomic E-state index is -4.29. The number of phenols is 1. The molecule has 0 bridgehead atoms. The zero-order chi connectivity index (χ0) is 14.8. The maximum absolute atomic E-state index is 12.4. The molecule has 1 aromatic rings. The van der Waals surface area contributed by atoms with Gasteiger partial charge >= 0.3 is 121 Å². The number of rotatable bonds is 6. The van der Waals surface area contributed by atoms with Crippen molar-refractivity contribution in [3.63, 3.8) is 0 Å². The van der Waals surface area contributed by atoms with E-state index in [0.29, 0.717) is 18.2 Å². The van der Waals surface area contributed by atoms with Gasteiger partial charge in [-0.2, -0.15) is 0 Å². The number of alkyl halides is 3.